The van der Waals surface area contributed by atoms with E-state index in [-0.39, 0.29) is 18.1 Å². The average Bonchev–Trinajstić information content (AvgIpc) is 3.15. The lowest BCUT2D eigenvalue weighted by Crippen LogP contribution is -2.47. The number of aromatic nitrogens is 4. The third-order valence-corrected chi connectivity index (χ3v) is 4.44. The fraction of sp³-hybridized carbons (Fsp3) is 0.562. The molecule has 0 radical (unpaired) electrons. The van der Waals surface area contributed by atoms with E-state index in [9.17, 15) is 4.79 Å². The fourth-order valence-electron chi connectivity index (χ4n) is 3.29. The van der Waals surface area contributed by atoms with Crippen LogP contribution in [-0.4, -0.2) is 31.6 Å². The topological polar surface area (TPSA) is 76.8 Å². The Labute approximate surface area is 136 Å². The molecule has 7 nitrogen and oxygen atoms in total. The van der Waals surface area contributed by atoms with Crippen molar-refractivity contribution in [2.24, 2.45) is 7.05 Å². The number of urea groups is 1. The summed E-state index contributed by atoms with van der Waals surface area (Å²) in [6.07, 6.45) is 8.12. The van der Waals surface area contributed by atoms with Gasteiger partial charge in [-0.1, -0.05) is 12.8 Å². The summed E-state index contributed by atoms with van der Waals surface area (Å²) in [5, 5.41) is 14.7. The quantitative estimate of drug-likeness (QED) is 0.904. The van der Waals surface area contributed by atoms with Crippen LogP contribution in [0.5, 0.6) is 0 Å². The Bertz CT molecular complexity index is 648. The number of carbonyl (C=O) groups excluding carboxylic acids is 1. The van der Waals surface area contributed by atoms with E-state index in [2.05, 4.69) is 20.8 Å². The van der Waals surface area contributed by atoms with Crippen LogP contribution >= 0.6 is 0 Å². The van der Waals surface area contributed by atoms with Gasteiger partial charge in [-0.25, -0.2) is 4.79 Å². The molecule has 1 saturated carbocycles. The van der Waals surface area contributed by atoms with Crippen LogP contribution in [0.1, 0.15) is 43.1 Å². The predicted molar refractivity (Wildman–Crippen MR) is 86.8 cm³/mol. The van der Waals surface area contributed by atoms with E-state index >= 15 is 0 Å². The molecule has 0 aromatic carbocycles. The molecule has 1 aliphatic rings. The minimum atomic E-state index is -0.132. The minimum Gasteiger partial charge on any atom is -0.333 e. The monoisotopic (exact) mass is 316 g/mol. The smallest absolute Gasteiger partial charge is 0.315 e. The van der Waals surface area contributed by atoms with E-state index in [1.165, 1.54) is 6.42 Å². The number of nitrogens with one attached hydrogen (secondary N) is 2. The summed E-state index contributed by atoms with van der Waals surface area (Å²) < 4.78 is 3.76. The van der Waals surface area contributed by atoms with E-state index in [0.29, 0.717) is 6.54 Å². The Morgan fingerprint density at radius 3 is 2.91 bits per heavy atom. The van der Waals surface area contributed by atoms with E-state index in [4.69, 9.17) is 0 Å². The van der Waals surface area contributed by atoms with Crippen LogP contribution in [0.3, 0.4) is 0 Å². The molecule has 0 spiro atoms. The first-order chi connectivity index (χ1) is 11.1. The summed E-state index contributed by atoms with van der Waals surface area (Å²) in [5.41, 5.74) is 1.95. The zero-order valence-corrected chi connectivity index (χ0v) is 13.7. The highest BCUT2D eigenvalue weighted by molar-refractivity contribution is 5.74. The molecule has 0 bridgehead atoms. The van der Waals surface area contributed by atoms with E-state index < -0.39 is 0 Å². The lowest BCUT2D eigenvalue weighted by molar-refractivity contribution is 0.213. The summed E-state index contributed by atoms with van der Waals surface area (Å²) in [6, 6.07) is 4.14. The third kappa shape index (κ3) is 3.72. The van der Waals surface area contributed by atoms with Crippen LogP contribution in [0.2, 0.25) is 0 Å². The second kappa shape index (κ2) is 6.85. The number of rotatable bonds is 4. The molecule has 124 valence electrons. The van der Waals surface area contributed by atoms with Crippen LogP contribution in [0, 0.1) is 6.92 Å². The van der Waals surface area contributed by atoms with Gasteiger partial charge < -0.3 is 10.6 Å². The number of hydrogen-bond donors (Lipinski definition) is 2. The van der Waals surface area contributed by atoms with Crippen molar-refractivity contribution in [1.29, 1.82) is 0 Å². The van der Waals surface area contributed by atoms with Crippen LogP contribution in [0.15, 0.2) is 24.5 Å². The number of carbonyl (C=O) groups is 1. The summed E-state index contributed by atoms with van der Waals surface area (Å²) in [5.74, 6) is 0. The van der Waals surface area contributed by atoms with Gasteiger partial charge in [0.2, 0.25) is 0 Å². The van der Waals surface area contributed by atoms with Crippen LogP contribution in [0.25, 0.3) is 0 Å². The van der Waals surface area contributed by atoms with Crippen molar-refractivity contribution in [2.45, 2.75) is 51.2 Å². The van der Waals surface area contributed by atoms with E-state index in [0.717, 1.165) is 30.7 Å². The van der Waals surface area contributed by atoms with Gasteiger partial charge in [0.1, 0.15) is 0 Å². The van der Waals surface area contributed by atoms with Crippen molar-refractivity contribution in [2.75, 3.05) is 0 Å². The molecular weight excluding hydrogens is 292 g/mol. The minimum absolute atomic E-state index is 0.122. The first-order valence-electron chi connectivity index (χ1n) is 8.16. The number of nitrogens with zero attached hydrogens (tertiary/aromatic N) is 4. The van der Waals surface area contributed by atoms with Crippen LogP contribution in [0.4, 0.5) is 4.79 Å². The largest absolute Gasteiger partial charge is 0.333 e. The maximum atomic E-state index is 12.2. The number of amides is 2. The van der Waals surface area contributed by atoms with Gasteiger partial charge in [-0.05, 0) is 31.9 Å². The van der Waals surface area contributed by atoms with Gasteiger partial charge in [-0.3, -0.25) is 9.36 Å². The molecule has 1 aliphatic carbocycles. The molecule has 1 fully saturated rings. The first-order valence-corrected chi connectivity index (χ1v) is 8.16. The zero-order valence-electron chi connectivity index (χ0n) is 13.7. The van der Waals surface area contributed by atoms with E-state index in [1.54, 1.807) is 10.9 Å². The van der Waals surface area contributed by atoms with Crippen LogP contribution < -0.4 is 10.6 Å². The number of hydrogen-bond acceptors (Lipinski definition) is 3. The second-order valence-electron chi connectivity index (χ2n) is 6.17. The standard InChI is InChI=1S/C16H24N6O/c1-12-10-13(21(2)20-12)11-17-16(23)19-14-6-3-4-7-15(14)22-9-5-8-18-22/h5,8-10,14-15H,3-4,6-7,11H2,1-2H3,(H2,17,19,23). The highest BCUT2D eigenvalue weighted by Gasteiger charge is 2.28. The predicted octanol–water partition coefficient (Wildman–Crippen LogP) is 1.91. The summed E-state index contributed by atoms with van der Waals surface area (Å²) >= 11 is 0. The normalized spacial score (nSPS) is 21.1. The van der Waals surface area contributed by atoms with Gasteiger partial charge in [0, 0.05) is 19.4 Å². The van der Waals surface area contributed by atoms with Crippen molar-refractivity contribution in [3.05, 3.63) is 35.9 Å². The van der Waals surface area contributed by atoms with Gasteiger partial charge in [0.05, 0.1) is 30.0 Å². The van der Waals surface area contributed by atoms with Crippen molar-refractivity contribution >= 4 is 6.03 Å². The second-order valence-corrected chi connectivity index (χ2v) is 6.17. The molecule has 2 heterocycles. The molecule has 2 unspecified atom stereocenters. The number of aryl methyl sites for hydroxylation is 2. The molecule has 0 saturated heterocycles. The molecule has 3 rings (SSSR count). The van der Waals surface area contributed by atoms with Gasteiger partial charge in [0.15, 0.2) is 0 Å². The van der Waals surface area contributed by atoms with Crippen molar-refractivity contribution < 1.29 is 4.79 Å². The SMILES string of the molecule is Cc1cc(CNC(=O)NC2CCCCC2n2cccn2)n(C)n1. The van der Waals surface area contributed by atoms with Gasteiger partial charge in [0.25, 0.3) is 0 Å². The summed E-state index contributed by atoms with van der Waals surface area (Å²) in [6.45, 7) is 2.42. The Hall–Kier alpha value is -2.31. The molecule has 0 aliphatic heterocycles. The Morgan fingerprint density at radius 2 is 2.22 bits per heavy atom. The maximum Gasteiger partial charge on any atom is 0.315 e. The van der Waals surface area contributed by atoms with Gasteiger partial charge >= 0.3 is 6.03 Å². The van der Waals surface area contributed by atoms with Crippen molar-refractivity contribution in [3.63, 3.8) is 0 Å². The van der Waals surface area contributed by atoms with Crippen LogP contribution in [-0.2, 0) is 13.6 Å². The molecule has 7 heteroatoms. The summed E-state index contributed by atoms with van der Waals surface area (Å²) in [7, 11) is 1.89. The highest BCUT2D eigenvalue weighted by Crippen LogP contribution is 2.27. The molecule has 2 atom stereocenters. The highest BCUT2D eigenvalue weighted by atomic mass is 16.2. The van der Waals surface area contributed by atoms with Crippen molar-refractivity contribution in [1.82, 2.24) is 30.2 Å². The lowest BCUT2D eigenvalue weighted by atomic mass is 9.90. The van der Waals surface area contributed by atoms with E-state index in [1.807, 2.05) is 37.0 Å². The molecule has 2 aromatic rings. The van der Waals surface area contributed by atoms with Crippen molar-refractivity contribution in [3.8, 4) is 0 Å². The lowest BCUT2D eigenvalue weighted by Gasteiger charge is -2.32. The molecule has 2 aromatic heterocycles. The third-order valence-electron chi connectivity index (χ3n) is 4.44. The Kier molecular flexibility index (Phi) is 4.64. The Morgan fingerprint density at radius 1 is 1.39 bits per heavy atom. The maximum absolute atomic E-state index is 12.2. The first kappa shape index (κ1) is 15.6. The molecule has 2 N–H and O–H groups in total. The van der Waals surface area contributed by atoms with Gasteiger partial charge in [-0.2, -0.15) is 10.2 Å². The summed E-state index contributed by atoms with van der Waals surface area (Å²) in [4.78, 5) is 12.2. The molecule has 23 heavy (non-hydrogen) atoms. The molecule has 2 amide bonds. The fourth-order valence-corrected chi connectivity index (χ4v) is 3.29. The van der Waals surface area contributed by atoms with Gasteiger partial charge in [-0.15, -0.1) is 0 Å². The average molecular weight is 316 g/mol. The molecular formula is C16H24N6O. The Balaban J connectivity index is 1.56. The zero-order chi connectivity index (χ0) is 16.2.